The third-order valence-corrected chi connectivity index (χ3v) is 3.87. The number of hydrogen-bond acceptors (Lipinski definition) is 2. The molecule has 2 aromatic heterocycles. The van der Waals surface area contributed by atoms with Crippen molar-refractivity contribution in [2.24, 2.45) is 0 Å². The zero-order valence-corrected chi connectivity index (χ0v) is 13.2. The molecule has 0 fully saturated rings. The quantitative estimate of drug-likeness (QED) is 0.686. The molecule has 0 atom stereocenters. The van der Waals surface area contributed by atoms with Crippen molar-refractivity contribution in [1.82, 2.24) is 14.3 Å². The number of aromatic nitrogens is 3. The molecule has 21 heavy (non-hydrogen) atoms. The van der Waals surface area contributed by atoms with Gasteiger partial charge >= 0.3 is 0 Å². The van der Waals surface area contributed by atoms with E-state index in [9.17, 15) is 4.79 Å². The first-order valence-electron chi connectivity index (χ1n) is 7.90. The van der Waals surface area contributed by atoms with Crippen molar-refractivity contribution in [2.75, 3.05) is 0 Å². The molecule has 4 nitrogen and oxygen atoms in total. The molecule has 2 heterocycles. The molecule has 2 rings (SSSR count). The minimum absolute atomic E-state index is 0.221. The van der Waals surface area contributed by atoms with Gasteiger partial charge in [0.1, 0.15) is 0 Å². The summed E-state index contributed by atoms with van der Waals surface area (Å²) in [6.07, 6.45) is 9.64. The van der Waals surface area contributed by atoms with E-state index in [0.717, 1.165) is 30.5 Å². The molecule has 0 aliphatic heterocycles. The Labute approximate surface area is 126 Å². The SMILES string of the molecule is CCCC(=O)c1ccn(Cc2ccn(C(CC)CC)n2)c1. The molecule has 2 aromatic rings. The molecule has 0 unspecified atom stereocenters. The molecule has 0 saturated heterocycles. The van der Waals surface area contributed by atoms with E-state index in [1.807, 2.05) is 30.0 Å². The van der Waals surface area contributed by atoms with Crippen molar-refractivity contribution >= 4 is 5.78 Å². The topological polar surface area (TPSA) is 39.8 Å². The molecule has 0 amide bonds. The van der Waals surface area contributed by atoms with Gasteiger partial charge in [0.05, 0.1) is 18.3 Å². The van der Waals surface area contributed by atoms with E-state index in [0.29, 0.717) is 19.0 Å². The summed E-state index contributed by atoms with van der Waals surface area (Å²) < 4.78 is 4.09. The van der Waals surface area contributed by atoms with E-state index in [1.54, 1.807) is 0 Å². The first-order valence-corrected chi connectivity index (χ1v) is 7.90. The Morgan fingerprint density at radius 3 is 2.62 bits per heavy atom. The van der Waals surface area contributed by atoms with E-state index < -0.39 is 0 Å². The van der Waals surface area contributed by atoms with Gasteiger partial charge in [0.15, 0.2) is 5.78 Å². The minimum Gasteiger partial charge on any atom is -0.348 e. The van der Waals surface area contributed by atoms with Gasteiger partial charge in [0, 0.05) is 30.6 Å². The molecular formula is C17H25N3O. The smallest absolute Gasteiger partial charge is 0.164 e. The van der Waals surface area contributed by atoms with Crippen LogP contribution in [0.25, 0.3) is 0 Å². The largest absolute Gasteiger partial charge is 0.348 e. The number of carbonyl (C=O) groups excluding carboxylic acids is 1. The lowest BCUT2D eigenvalue weighted by molar-refractivity contribution is 0.0981. The first kappa shape index (κ1) is 15.5. The van der Waals surface area contributed by atoms with E-state index >= 15 is 0 Å². The highest BCUT2D eigenvalue weighted by molar-refractivity contribution is 5.95. The van der Waals surface area contributed by atoms with Crippen LogP contribution in [0.15, 0.2) is 30.7 Å². The zero-order chi connectivity index (χ0) is 15.2. The van der Waals surface area contributed by atoms with E-state index in [2.05, 4.69) is 35.9 Å². The summed E-state index contributed by atoms with van der Waals surface area (Å²) >= 11 is 0. The molecule has 0 spiro atoms. The van der Waals surface area contributed by atoms with Gasteiger partial charge in [-0.25, -0.2) is 0 Å². The highest BCUT2D eigenvalue weighted by Gasteiger charge is 2.10. The summed E-state index contributed by atoms with van der Waals surface area (Å²) in [4.78, 5) is 11.8. The van der Waals surface area contributed by atoms with Gasteiger partial charge in [-0.1, -0.05) is 20.8 Å². The van der Waals surface area contributed by atoms with Crippen LogP contribution >= 0.6 is 0 Å². The van der Waals surface area contributed by atoms with Gasteiger partial charge in [-0.05, 0) is 31.4 Å². The molecule has 0 aliphatic rings. The van der Waals surface area contributed by atoms with Crippen LogP contribution in [-0.4, -0.2) is 20.1 Å². The Balaban J connectivity index is 2.04. The molecule has 0 N–H and O–H groups in total. The summed E-state index contributed by atoms with van der Waals surface area (Å²) in [6.45, 7) is 7.12. The number of hydrogen-bond donors (Lipinski definition) is 0. The second kappa shape index (κ2) is 7.25. The van der Waals surface area contributed by atoms with Gasteiger partial charge in [0.2, 0.25) is 0 Å². The maximum absolute atomic E-state index is 11.8. The number of rotatable bonds is 8. The van der Waals surface area contributed by atoms with Crippen molar-refractivity contribution in [3.8, 4) is 0 Å². The molecule has 0 aromatic carbocycles. The molecule has 0 radical (unpaired) electrons. The Kier molecular flexibility index (Phi) is 5.37. The molecule has 0 aliphatic carbocycles. The first-order chi connectivity index (χ1) is 10.2. The van der Waals surface area contributed by atoms with E-state index in [4.69, 9.17) is 0 Å². The third-order valence-electron chi connectivity index (χ3n) is 3.87. The molecule has 0 saturated carbocycles. The van der Waals surface area contributed by atoms with Gasteiger partial charge in [-0.15, -0.1) is 0 Å². The zero-order valence-electron chi connectivity index (χ0n) is 13.2. The average molecular weight is 287 g/mol. The molecular weight excluding hydrogens is 262 g/mol. The Morgan fingerprint density at radius 2 is 1.95 bits per heavy atom. The Bertz CT molecular complexity index is 578. The molecule has 114 valence electrons. The summed E-state index contributed by atoms with van der Waals surface area (Å²) in [6, 6.07) is 4.44. The number of carbonyl (C=O) groups is 1. The van der Waals surface area contributed by atoms with Gasteiger partial charge in [-0.2, -0.15) is 5.10 Å². The van der Waals surface area contributed by atoms with Crippen molar-refractivity contribution in [2.45, 2.75) is 59.0 Å². The number of ketones is 1. The Hall–Kier alpha value is -1.84. The second-order valence-corrected chi connectivity index (χ2v) is 5.50. The van der Waals surface area contributed by atoms with Crippen molar-refractivity contribution < 1.29 is 4.79 Å². The van der Waals surface area contributed by atoms with Crippen LogP contribution < -0.4 is 0 Å². The number of Topliss-reactive ketones (excluding diaryl/α,β-unsaturated/α-hetero) is 1. The maximum atomic E-state index is 11.8. The van der Waals surface area contributed by atoms with Crippen LogP contribution in [0.3, 0.4) is 0 Å². The molecule has 4 heteroatoms. The maximum Gasteiger partial charge on any atom is 0.164 e. The Morgan fingerprint density at radius 1 is 1.19 bits per heavy atom. The fraction of sp³-hybridized carbons (Fsp3) is 0.529. The monoisotopic (exact) mass is 287 g/mol. The van der Waals surface area contributed by atoms with Crippen LogP contribution in [0, 0.1) is 0 Å². The predicted molar refractivity (Wildman–Crippen MR) is 84.6 cm³/mol. The van der Waals surface area contributed by atoms with Crippen molar-refractivity contribution in [3.63, 3.8) is 0 Å². The standard InChI is InChI=1S/C17H25N3O/c1-4-7-17(21)14-8-10-19(12-14)13-15-9-11-20(18-15)16(5-2)6-3/h8-12,16H,4-7,13H2,1-3H3. The van der Waals surface area contributed by atoms with Gasteiger partial charge < -0.3 is 4.57 Å². The van der Waals surface area contributed by atoms with Crippen LogP contribution in [0.1, 0.15) is 68.5 Å². The van der Waals surface area contributed by atoms with Crippen molar-refractivity contribution in [1.29, 1.82) is 0 Å². The summed E-state index contributed by atoms with van der Waals surface area (Å²) in [5, 5.41) is 4.65. The lowest BCUT2D eigenvalue weighted by Gasteiger charge is -2.12. The van der Waals surface area contributed by atoms with E-state index in [1.165, 1.54) is 0 Å². The van der Waals surface area contributed by atoms with Crippen LogP contribution in [0.5, 0.6) is 0 Å². The van der Waals surface area contributed by atoms with Gasteiger partial charge in [-0.3, -0.25) is 9.48 Å². The fourth-order valence-corrected chi connectivity index (χ4v) is 2.59. The summed E-state index contributed by atoms with van der Waals surface area (Å²) in [5.41, 5.74) is 1.84. The fourth-order valence-electron chi connectivity index (χ4n) is 2.59. The highest BCUT2D eigenvalue weighted by Crippen LogP contribution is 2.15. The average Bonchev–Trinajstić information content (AvgIpc) is 3.11. The second-order valence-electron chi connectivity index (χ2n) is 5.50. The van der Waals surface area contributed by atoms with E-state index in [-0.39, 0.29) is 5.78 Å². The summed E-state index contributed by atoms with van der Waals surface area (Å²) in [5.74, 6) is 0.221. The summed E-state index contributed by atoms with van der Waals surface area (Å²) in [7, 11) is 0. The number of nitrogens with zero attached hydrogens (tertiary/aromatic N) is 3. The van der Waals surface area contributed by atoms with Crippen LogP contribution in [0.2, 0.25) is 0 Å². The third kappa shape index (κ3) is 3.84. The lowest BCUT2D eigenvalue weighted by Crippen LogP contribution is -2.08. The van der Waals surface area contributed by atoms with Gasteiger partial charge in [0.25, 0.3) is 0 Å². The highest BCUT2D eigenvalue weighted by atomic mass is 16.1. The van der Waals surface area contributed by atoms with Crippen LogP contribution in [0.4, 0.5) is 0 Å². The molecule has 0 bridgehead atoms. The van der Waals surface area contributed by atoms with Crippen molar-refractivity contribution in [3.05, 3.63) is 42.0 Å². The van der Waals surface area contributed by atoms with Crippen LogP contribution in [-0.2, 0) is 6.54 Å². The lowest BCUT2D eigenvalue weighted by atomic mass is 10.1. The predicted octanol–water partition coefficient (Wildman–Crippen LogP) is 4.08. The minimum atomic E-state index is 0.221. The normalized spacial score (nSPS) is 11.2.